The minimum Gasteiger partial charge on any atom is -0.488 e. The van der Waals surface area contributed by atoms with Crippen LogP contribution in [-0.4, -0.2) is 30.0 Å². The average molecular weight is 366 g/mol. The lowest BCUT2D eigenvalue weighted by Gasteiger charge is -2.09. The minimum atomic E-state index is 0.302. The number of hydrogen-bond donors (Lipinski definition) is 0. The maximum atomic E-state index is 5.97. The van der Waals surface area contributed by atoms with Gasteiger partial charge in [-0.2, -0.15) is 4.98 Å². The molecular formula is C21H22N2O4. The largest absolute Gasteiger partial charge is 0.488 e. The maximum absolute atomic E-state index is 5.97. The molecule has 0 radical (unpaired) electrons. The van der Waals surface area contributed by atoms with Crippen LogP contribution in [0, 0.1) is 5.92 Å². The third-order valence-electron chi connectivity index (χ3n) is 4.44. The number of ether oxygens (including phenoxy) is 3. The van der Waals surface area contributed by atoms with Gasteiger partial charge >= 0.3 is 0 Å². The van der Waals surface area contributed by atoms with Crippen LogP contribution in [-0.2, 0) is 22.7 Å². The van der Waals surface area contributed by atoms with E-state index in [2.05, 4.69) is 10.1 Å². The Morgan fingerprint density at radius 1 is 1.00 bits per heavy atom. The van der Waals surface area contributed by atoms with Gasteiger partial charge in [-0.1, -0.05) is 47.6 Å². The molecule has 140 valence electrons. The van der Waals surface area contributed by atoms with Crippen LogP contribution in [0.3, 0.4) is 0 Å². The van der Waals surface area contributed by atoms with Crippen molar-refractivity contribution in [2.24, 2.45) is 5.92 Å². The number of benzene rings is 2. The summed E-state index contributed by atoms with van der Waals surface area (Å²) in [5.74, 6) is 2.14. The first-order chi connectivity index (χ1) is 13.4. The lowest BCUT2D eigenvalue weighted by molar-refractivity contribution is 0.0635. The molecule has 4 rings (SSSR count). The van der Waals surface area contributed by atoms with Crippen LogP contribution in [0.4, 0.5) is 0 Å². The van der Waals surface area contributed by atoms with Gasteiger partial charge in [0.05, 0.1) is 18.8 Å². The normalized spacial score (nSPS) is 16.5. The number of aromatic nitrogens is 2. The lowest BCUT2D eigenvalue weighted by Crippen LogP contribution is -2.09. The Bertz CT molecular complexity index is 844. The van der Waals surface area contributed by atoms with Crippen molar-refractivity contribution >= 4 is 0 Å². The number of para-hydroxylation sites is 1. The van der Waals surface area contributed by atoms with Crippen LogP contribution in [0.2, 0.25) is 0 Å². The van der Waals surface area contributed by atoms with Crippen molar-refractivity contribution in [3.8, 4) is 17.1 Å². The Morgan fingerprint density at radius 3 is 2.70 bits per heavy atom. The first kappa shape index (κ1) is 17.7. The smallest absolute Gasteiger partial charge is 0.252 e. The van der Waals surface area contributed by atoms with E-state index in [0.29, 0.717) is 37.5 Å². The highest BCUT2D eigenvalue weighted by Crippen LogP contribution is 2.28. The Hall–Kier alpha value is -2.70. The van der Waals surface area contributed by atoms with E-state index in [1.807, 2.05) is 54.6 Å². The van der Waals surface area contributed by atoms with Gasteiger partial charge in [0.1, 0.15) is 19.0 Å². The molecule has 1 aromatic heterocycles. The summed E-state index contributed by atoms with van der Waals surface area (Å²) in [6.45, 7) is 3.01. The molecule has 1 aliphatic heterocycles. The summed E-state index contributed by atoms with van der Waals surface area (Å²) in [6, 6.07) is 17.7. The molecule has 2 heterocycles. The van der Waals surface area contributed by atoms with Crippen molar-refractivity contribution in [1.29, 1.82) is 0 Å². The number of rotatable bonds is 8. The SMILES string of the molecule is c1ccc(COc2ccccc2-c2noc(COCC3CCOC3)n2)cc1. The van der Waals surface area contributed by atoms with Crippen molar-refractivity contribution in [1.82, 2.24) is 10.1 Å². The second kappa shape index (κ2) is 8.79. The first-order valence-electron chi connectivity index (χ1n) is 9.12. The minimum absolute atomic E-state index is 0.302. The molecule has 1 fully saturated rings. The Morgan fingerprint density at radius 2 is 1.85 bits per heavy atom. The fraction of sp³-hybridized carbons (Fsp3) is 0.333. The molecule has 1 unspecified atom stereocenters. The molecule has 1 saturated heterocycles. The van der Waals surface area contributed by atoms with E-state index in [9.17, 15) is 0 Å². The van der Waals surface area contributed by atoms with Crippen LogP contribution < -0.4 is 4.74 Å². The van der Waals surface area contributed by atoms with Crippen LogP contribution in [0.25, 0.3) is 11.4 Å². The summed E-state index contributed by atoms with van der Waals surface area (Å²) in [5.41, 5.74) is 1.90. The van der Waals surface area contributed by atoms with Gasteiger partial charge < -0.3 is 18.7 Å². The van der Waals surface area contributed by atoms with Gasteiger partial charge in [-0.25, -0.2) is 0 Å². The third kappa shape index (κ3) is 4.72. The van der Waals surface area contributed by atoms with Crippen LogP contribution in [0.15, 0.2) is 59.1 Å². The molecule has 0 amide bonds. The quantitative estimate of drug-likeness (QED) is 0.603. The van der Waals surface area contributed by atoms with Gasteiger partial charge in [0.25, 0.3) is 5.89 Å². The fourth-order valence-electron chi connectivity index (χ4n) is 2.96. The fourth-order valence-corrected chi connectivity index (χ4v) is 2.96. The highest BCUT2D eigenvalue weighted by Gasteiger charge is 2.17. The zero-order chi connectivity index (χ0) is 18.3. The number of hydrogen-bond acceptors (Lipinski definition) is 6. The zero-order valence-electron chi connectivity index (χ0n) is 15.0. The summed E-state index contributed by atoms with van der Waals surface area (Å²) < 4.78 is 22.3. The van der Waals surface area contributed by atoms with Crippen molar-refractivity contribution in [3.63, 3.8) is 0 Å². The van der Waals surface area contributed by atoms with Crippen molar-refractivity contribution < 1.29 is 18.7 Å². The molecule has 1 atom stereocenters. The molecule has 1 aliphatic rings. The topological polar surface area (TPSA) is 66.6 Å². The third-order valence-corrected chi connectivity index (χ3v) is 4.44. The average Bonchev–Trinajstić information content (AvgIpc) is 3.40. The van der Waals surface area contributed by atoms with E-state index in [-0.39, 0.29) is 0 Å². The molecule has 2 aromatic carbocycles. The predicted molar refractivity (Wildman–Crippen MR) is 99.1 cm³/mol. The summed E-state index contributed by atoms with van der Waals surface area (Å²) in [4.78, 5) is 4.45. The Labute approximate surface area is 158 Å². The van der Waals surface area contributed by atoms with Gasteiger partial charge in [-0.05, 0) is 24.1 Å². The van der Waals surface area contributed by atoms with Crippen molar-refractivity contribution in [2.45, 2.75) is 19.6 Å². The van der Waals surface area contributed by atoms with E-state index < -0.39 is 0 Å². The van der Waals surface area contributed by atoms with Crippen LogP contribution in [0.1, 0.15) is 17.9 Å². The summed E-state index contributed by atoms with van der Waals surface area (Å²) >= 11 is 0. The highest BCUT2D eigenvalue weighted by molar-refractivity contribution is 5.63. The maximum Gasteiger partial charge on any atom is 0.252 e. The molecule has 0 N–H and O–H groups in total. The van der Waals surface area contributed by atoms with E-state index in [0.717, 1.165) is 36.5 Å². The monoisotopic (exact) mass is 366 g/mol. The van der Waals surface area contributed by atoms with Crippen LogP contribution in [0.5, 0.6) is 5.75 Å². The van der Waals surface area contributed by atoms with E-state index >= 15 is 0 Å². The molecule has 0 spiro atoms. The standard InChI is InChI=1S/C21H22N2O4/c1-2-6-16(7-3-1)14-26-19-9-5-4-8-18(19)21-22-20(27-23-21)15-25-13-17-10-11-24-12-17/h1-9,17H,10-15H2. The molecular weight excluding hydrogens is 344 g/mol. The zero-order valence-corrected chi connectivity index (χ0v) is 15.0. The highest BCUT2D eigenvalue weighted by atomic mass is 16.5. The van der Waals surface area contributed by atoms with Gasteiger partial charge in [0.15, 0.2) is 0 Å². The molecule has 0 saturated carbocycles. The summed E-state index contributed by atoms with van der Waals surface area (Å²) in [7, 11) is 0. The van der Waals surface area contributed by atoms with E-state index in [1.54, 1.807) is 0 Å². The summed E-state index contributed by atoms with van der Waals surface area (Å²) in [6.07, 6.45) is 1.04. The van der Waals surface area contributed by atoms with Crippen molar-refractivity contribution in [2.75, 3.05) is 19.8 Å². The molecule has 0 aliphatic carbocycles. The van der Waals surface area contributed by atoms with Gasteiger partial charge in [0.2, 0.25) is 5.82 Å². The molecule has 0 bridgehead atoms. The van der Waals surface area contributed by atoms with E-state index in [1.165, 1.54) is 0 Å². The second-order valence-electron chi connectivity index (χ2n) is 6.53. The molecule has 3 aromatic rings. The van der Waals surface area contributed by atoms with Gasteiger partial charge in [-0.3, -0.25) is 0 Å². The van der Waals surface area contributed by atoms with Crippen molar-refractivity contribution in [3.05, 3.63) is 66.1 Å². The van der Waals surface area contributed by atoms with Crippen LogP contribution >= 0.6 is 0 Å². The van der Waals surface area contributed by atoms with E-state index in [4.69, 9.17) is 18.7 Å². The van der Waals surface area contributed by atoms with Gasteiger partial charge in [-0.15, -0.1) is 0 Å². The molecule has 27 heavy (non-hydrogen) atoms. The predicted octanol–water partition coefficient (Wildman–Crippen LogP) is 3.87. The second-order valence-corrected chi connectivity index (χ2v) is 6.53. The summed E-state index contributed by atoms with van der Waals surface area (Å²) in [5, 5.41) is 4.08. The molecule has 6 heteroatoms. The first-order valence-corrected chi connectivity index (χ1v) is 9.12. The molecule has 6 nitrogen and oxygen atoms in total. The Kier molecular flexibility index (Phi) is 5.76. The number of nitrogens with zero attached hydrogens (tertiary/aromatic N) is 2. The Balaban J connectivity index is 1.38. The lowest BCUT2D eigenvalue weighted by atomic mass is 10.1. The van der Waals surface area contributed by atoms with Gasteiger partial charge in [0, 0.05) is 12.5 Å².